The van der Waals surface area contributed by atoms with Crippen molar-refractivity contribution in [3.05, 3.63) is 45.1 Å². The zero-order valence-corrected chi connectivity index (χ0v) is 26.8. The van der Waals surface area contributed by atoms with Crippen molar-refractivity contribution in [3.8, 4) is 17.3 Å². The number of halogens is 3. The van der Waals surface area contributed by atoms with Gasteiger partial charge in [0.25, 0.3) is 11.6 Å². The summed E-state index contributed by atoms with van der Waals surface area (Å²) in [6, 6.07) is 3.60. The van der Waals surface area contributed by atoms with Gasteiger partial charge in [0, 0.05) is 48.4 Å². The minimum Gasteiger partial charge on any atom is -0.463 e. The van der Waals surface area contributed by atoms with Crippen molar-refractivity contribution in [1.82, 2.24) is 30.5 Å². The SMILES string of the molecule is C[C@@H]1C[C@@H](NC(=O)OCC[C@@H]2C[C@@H]2c2c(Cl)cc(NN)cc2-c2ncc3c(=O)[nH]c(OC[C@@]45CCCN4C[C@H](F)C5)nc3c2F)CN1. The number of aromatic amines is 1. The molecule has 0 radical (unpaired) electrons. The maximum absolute atomic E-state index is 16.4. The summed E-state index contributed by atoms with van der Waals surface area (Å²) in [6.07, 6.45) is 4.19. The number of nitrogens with zero attached hydrogens (tertiary/aromatic N) is 3. The fourth-order valence-corrected chi connectivity index (χ4v) is 8.07. The van der Waals surface area contributed by atoms with Crippen LogP contribution >= 0.6 is 11.6 Å². The second-order valence-electron chi connectivity index (χ2n) is 13.4. The molecule has 5 heterocycles. The topological polar surface area (TPSA) is 160 Å². The fourth-order valence-electron chi connectivity index (χ4n) is 7.71. The number of aromatic nitrogens is 3. The summed E-state index contributed by atoms with van der Waals surface area (Å²) in [7, 11) is 0. The predicted molar refractivity (Wildman–Crippen MR) is 173 cm³/mol. The van der Waals surface area contributed by atoms with Gasteiger partial charge in [0.1, 0.15) is 24.0 Å². The number of rotatable bonds is 10. The van der Waals surface area contributed by atoms with Gasteiger partial charge < -0.3 is 25.5 Å². The molecule has 4 fully saturated rings. The molecule has 1 aromatic carbocycles. The van der Waals surface area contributed by atoms with E-state index in [-0.39, 0.29) is 53.7 Å². The number of ether oxygens (including phenoxy) is 2. The smallest absolute Gasteiger partial charge is 0.407 e. The third-order valence-corrected chi connectivity index (χ3v) is 10.5. The van der Waals surface area contributed by atoms with Crippen molar-refractivity contribution in [2.24, 2.45) is 11.8 Å². The van der Waals surface area contributed by atoms with Crippen molar-refractivity contribution >= 4 is 34.3 Å². The van der Waals surface area contributed by atoms with Gasteiger partial charge >= 0.3 is 6.09 Å². The first-order valence-corrected chi connectivity index (χ1v) is 16.6. The molecule has 0 spiro atoms. The number of hydrogen-bond donors (Lipinski definition) is 5. The van der Waals surface area contributed by atoms with Crippen molar-refractivity contribution < 1.29 is 23.0 Å². The normalized spacial score (nSPS) is 28.4. The van der Waals surface area contributed by atoms with Crippen molar-refractivity contribution in [3.63, 3.8) is 0 Å². The van der Waals surface area contributed by atoms with Crippen LogP contribution in [0, 0.1) is 11.7 Å². The van der Waals surface area contributed by atoms with E-state index < -0.39 is 29.2 Å². The van der Waals surface area contributed by atoms with E-state index in [1.807, 2.05) is 0 Å². The second kappa shape index (κ2) is 12.8. The number of hydrogen-bond acceptors (Lipinski definition) is 10. The lowest BCUT2D eigenvalue weighted by Gasteiger charge is -2.30. The number of pyridine rings is 1. The van der Waals surface area contributed by atoms with E-state index in [2.05, 4.69) is 42.8 Å². The van der Waals surface area contributed by atoms with Gasteiger partial charge in [-0.25, -0.2) is 13.6 Å². The molecule has 3 aliphatic heterocycles. The first-order chi connectivity index (χ1) is 22.6. The van der Waals surface area contributed by atoms with Gasteiger partial charge in [0.05, 0.1) is 23.2 Å². The lowest BCUT2D eigenvalue weighted by Crippen LogP contribution is -2.43. The van der Waals surface area contributed by atoms with Gasteiger partial charge in [0.2, 0.25) is 0 Å². The number of H-pyrrole nitrogens is 1. The van der Waals surface area contributed by atoms with Gasteiger partial charge in [-0.2, -0.15) is 4.98 Å². The lowest BCUT2D eigenvalue weighted by atomic mass is 9.95. The molecule has 4 aliphatic rings. The monoisotopic (exact) mass is 672 g/mol. The van der Waals surface area contributed by atoms with Crippen LogP contribution in [0.4, 0.5) is 19.3 Å². The fraction of sp³-hybridized carbons (Fsp3) is 0.562. The van der Waals surface area contributed by atoms with E-state index in [0.29, 0.717) is 53.8 Å². The molecule has 3 aromatic rings. The number of nitrogens with one attached hydrogen (secondary N) is 4. The first-order valence-electron chi connectivity index (χ1n) is 16.2. The Morgan fingerprint density at radius 1 is 1.32 bits per heavy atom. The summed E-state index contributed by atoms with van der Waals surface area (Å²) >= 11 is 6.76. The molecule has 47 heavy (non-hydrogen) atoms. The standard InChI is InChI=1S/C32H39ClF2N8O4/c1-16-7-20(12-37-16)39-31(45)46-6-3-17-8-21(17)25-22(9-19(42-36)10-24(25)33)27-26(35)28-23(13-38-27)29(44)41-30(40-28)47-15-32-4-2-5-43(32)14-18(34)11-32/h9-10,13,16-18,20-21,37,42H,2-8,11-12,14-15,36H2,1H3,(H,39,45)(H,40,41,44)/t16-,17-,18-,20-,21+,32+/m1/s1. The van der Waals surface area contributed by atoms with Crippen molar-refractivity contribution in [2.75, 3.05) is 38.3 Å². The van der Waals surface area contributed by atoms with Crippen LogP contribution in [0.1, 0.15) is 56.9 Å². The highest BCUT2D eigenvalue weighted by Crippen LogP contribution is 2.55. The Labute approximate surface area is 275 Å². The third kappa shape index (κ3) is 6.35. The van der Waals surface area contributed by atoms with E-state index in [4.69, 9.17) is 26.9 Å². The maximum atomic E-state index is 16.4. The zero-order valence-electron chi connectivity index (χ0n) is 26.1. The van der Waals surface area contributed by atoms with Gasteiger partial charge in [-0.05, 0) is 75.1 Å². The number of nitrogens with two attached hydrogens (primary N) is 1. The van der Waals surface area contributed by atoms with E-state index in [1.54, 1.807) is 12.1 Å². The number of alkyl carbamates (subject to hydrolysis) is 1. The Morgan fingerprint density at radius 2 is 2.17 bits per heavy atom. The second-order valence-corrected chi connectivity index (χ2v) is 13.8. The molecule has 6 N–H and O–H groups in total. The van der Waals surface area contributed by atoms with Gasteiger partial charge in [-0.3, -0.25) is 25.5 Å². The molecule has 0 bridgehead atoms. The quantitative estimate of drug-likeness (QED) is 0.157. The molecule has 15 heteroatoms. The highest BCUT2D eigenvalue weighted by Gasteiger charge is 2.49. The molecule has 12 nitrogen and oxygen atoms in total. The van der Waals surface area contributed by atoms with Crippen LogP contribution in [0.3, 0.4) is 0 Å². The number of benzene rings is 1. The highest BCUT2D eigenvalue weighted by molar-refractivity contribution is 6.32. The molecule has 1 amide bonds. The van der Waals surface area contributed by atoms with E-state index in [0.717, 1.165) is 32.2 Å². The summed E-state index contributed by atoms with van der Waals surface area (Å²) in [4.78, 5) is 38.6. The van der Waals surface area contributed by atoms with Crippen LogP contribution in [0.5, 0.6) is 6.01 Å². The van der Waals surface area contributed by atoms with Crippen LogP contribution in [-0.2, 0) is 4.74 Å². The molecule has 3 saturated heterocycles. The van der Waals surface area contributed by atoms with Crippen LogP contribution < -0.4 is 32.2 Å². The summed E-state index contributed by atoms with van der Waals surface area (Å²) < 4.78 is 42.0. The number of alkyl halides is 1. The summed E-state index contributed by atoms with van der Waals surface area (Å²) in [6.45, 7) is 4.31. The Hall–Kier alpha value is -3.59. The van der Waals surface area contributed by atoms with Crippen LogP contribution in [-0.4, -0.2) is 82.6 Å². The minimum atomic E-state index is -0.935. The maximum Gasteiger partial charge on any atom is 0.407 e. The number of fused-ring (bicyclic) bond motifs is 2. The molecular weight excluding hydrogens is 634 g/mol. The summed E-state index contributed by atoms with van der Waals surface area (Å²) in [5.41, 5.74) is 2.85. The molecule has 2 aromatic heterocycles. The average Bonchev–Trinajstić information content (AvgIpc) is 3.30. The van der Waals surface area contributed by atoms with Gasteiger partial charge in [-0.1, -0.05) is 11.6 Å². The molecule has 6 atom stereocenters. The molecular formula is C32H39ClF2N8O4. The Bertz CT molecular complexity index is 1750. The molecule has 1 saturated carbocycles. The average molecular weight is 673 g/mol. The number of amides is 1. The Morgan fingerprint density at radius 3 is 2.96 bits per heavy atom. The molecule has 0 unspecified atom stereocenters. The zero-order chi connectivity index (χ0) is 32.9. The van der Waals surface area contributed by atoms with E-state index in [9.17, 15) is 14.0 Å². The van der Waals surface area contributed by atoms with E-state index >= 15 is 4.39 Å². The molecule has 252 valence electrons. The predicted octanol–water partition coefficient (Wildman–Crippen LogP) is 3.99. The van der Waals surface area contributed by atoms with Gasteiger partial charge in [0.15, 0.2) is 5.82 Å². The minimum absolute atomic E-state index is 0.0295. The number of nitrogen functional groups attached to an aromatic ring is 1. The summed E-state index contributed by atoms with van der Waals surface area (Å²) in [5.74, 6) is 5.03. The largest absolute Gasteiger partial charge is 0.463 e. The molecule has 1 aliphatic carbocycles. The van der Waals surface area contributed by atoms with Crippen LogP contribution in [0.15, 0.2) is 23.1 Å². The van der Waals surface area contributed by atoms with Gasteiger partial charge in [-0.15, -0.1) is 0 Å². The van der Waals surface area contributed by atoms with Crippen LogP contribution in [0.25, 0.3) is 22.2 Å². The number of hydrazine groups is 1. The Kier molecular flexibility index (Phi) is 8.70. The van der Waals surface area contributed by atoms with Crippen molar-refractivity contribution in [1.29, 1.82) is 0 Å². The number of anilines is 1. The summed E-state index contributed by atoms with van der Waals surface area (Å²) in [5, 5.41) is 6.53. The molecule has 7 rings (SSSR count). The third-order valence-electron chi connectivity index (χ3n) is 10.1. The number of carbonyl (C=O) groups excluding carboxylic acids is 1. The highest BCUT2D eigenvalue weighted by atomic mass is 35.5. The van der Waals surface area contributed by atoms with Crippen molar-refractivity contribution in [2.45, 2.75) is 75.2 Å². The lowest BCUT2D eigenvalue weighted by molar-refractivity contribution is 0.107. The van der Waals surface area contributed by atoms with Crippen LogP contribution in [0.2, 0.25) is 5.02 Å². The van der Waals surface area contributed by atoms with E-state index in [1.165, 1.54) is 6.20 Å². The number of carbonyl (C=O) groups is 1. The first kappa shape index (κ1) is 32.0. The Balaban J connectivity index is 1.11.